The van der Waals surface area contributed by atoms with E-state index in [-0.39, 0.29) is 0 Å². The molecule has 0 bridgehead atoms. The molecule has 0 unspecified atom stereocenters. The largest absolute Gasteiger partial charge is 0.310 e. The van der Waals surface area contributed by atoms with E-state index >= 15 is 0 Å². The number of hydrogen-bond acceptors (Lipinski definition) is 2. The molecule has 0 aromatic heterocycles. The lowest BCUT2D eigenvalue weighted by Crippen LogP contribution is -2.11. The SMILES string of the molecule is Cc1ccccc1N(c1ccccc1)c1ccc2cc3c(cc2c1)-c1cc2ccc(N(c4ccccc4)c4ccccc4)cc2cc1-3. The Labute approximate surface area is 275 Å². The number of para-hydroxylation sites is 4. The molecule has 47 heavy (non-hydrogen) atoms. The molecule has 0 N–H and O–H groups in total. The predicted molar refractivity (Wildman–Crippen MR) is 200 cm³/mol. The molecule has 222 valence electrons. The lowest BCUT2D eigenvalue weighted by atomic mass is 9.78. The number of rotatable bonds is 6. The Morgan fingerprint density at radius 2 is 0.681 bits per heavy atom. The van der Waals surface area contributed by atoms with Crippen molar-refractivity contribution in [2.75, 3.05) is 9.80 Å². The van der Waals surface area contributed by atoms with Crippen LogP contribution in [0.15, 0.2) is 176 Å². The first-order chi connectivity index (χ1) is 23.2. The van der Waals surface area contributed by atoms with Crippen molar-refractivity contribution in [1.29, 1.82) is 0 Å². The zero-order valence-corrected chi connectivity index (χ0v) is 26.1. The summed E-state index contributed by atoms with van der Waals surface area (Å²) >= 11 is 0. The van der Waals surface area contributed by atoms with E-state index in [2.05, 4.69) is 193 Å². The number of anilines is 6. The lowest BCUT2D eigenvalue weighted by Gasteiger charge is -2.29. The first-order valence-corrected chi connectivity index (χ1v) is 16.2. The zero-order chi connectivity index (χ0) is 31.3. The van der Waals surface area contributed by atoms with Gasteiger partial charge >= 0.3 is 0 Å². The third-order valence-corrected chi connectivity index (χ3v) is 9.42. The maximum Gasteiger partial charge on any atom is 0.0490 e. The van der Waals surface area contributed by atoms with Gasteiger partial charge in [0.2, 0.25) is 0 Å². The summed E-state index contributed by atoms with van der Waals surface area (Å²) in [5.74, 6) is 0. The van der Waals surface area contributed by atoms with Crippen molar-refractivity contribution in [3.8, 4) is 22.3 Å². The van der Waals surface area contributed by atoms with Crippen LogP contribution >= 0.6 is 0 Å². The Morgan fingerprint density at radius 1 is 0.298 bits per heavy atom. The summed E-state index contributed by atoms with van der Waals surface area (Å²) in [4.78, 5) is 4.69. The average molecular weight is 601 g/mol. The van der Waals surface area contributed by atoms with Crippen molar-refractivity contribution in [2.45, 2.75) is 6.92 Å². The third kappa shape index (κ3) is 4.65. The molecule has 1 aliphatic rings. The van der Waals surface area contributed by atoms with E-state index in [1.807, 2.05) is 0 Å². The van der Waals surface area contributed by atoms with Crippen LogP contribution in [-0.4, -0.2) is 0 Å². The summed E-state index contributed by atoms with van der Waals surface area (Å²) in [5, 5.41) is 5.00. The maximum atomic E-state index is 2.38. The Hall–Kier alpha value is -6.12. The Kier molecular flexibility index (Phi) is 6.39. The van der Waals surface area contributed by atoms with E-state index in [1.54, 1.807) is 0 Å². The first kappa shape index (κ1) is 27.2. The maximum absolute atomic E-state index is 2.38. The minimum absolute atomic E-state index is 1.14. The number of hydrogen-bond donors (Lipinski definition) is 0. The predicted octanol–water partition coefficient (Wildman–Crippen LogP) is 12.9. The van der Waals surface area contributed by atoms with E-state index in [0.717, 1.165) is 28.4 Å². The van der Waals surface area contributed by atoms with Crippen LogP contribution in [0, 0.1) is 6.92 Å². The highest BCUT2D eigenvalue weighted by molar-refractivity contribution is 6.12. The molecule has 0 fully saturated rings. The summed E-state index contributed by atoms with van der Waals surface area (Å²) in [6.07, 6.45) is 0. The second-order valence-corrected chi connectivity index (χ2v) is 12.3. The monoisotopic (exact) mass is 600 g/mol. The highest BCUT2D eigenvalue weighted by atomic mass is 15.1. The van der Waals surface area contributed by atoms with Gasteiger partial charge in [-0.15, -0.1) is 0 Å². The molecule has 0 heterocycles. The second kappa shape index (κ2) is 11.0. The van der Waals surface area contributed by atoms with Gasteiger partial charge in [0.1, 0.15) is 0 Å². The number of nitrogens with zero attached hydrogens (tertiary/aromatic N) is 2. The average Bonchev–Trinajstić information content (AvgIpc) is 3.12. The van der Waals surface area contributed by atoms with Crippen LogP contribution in [-0.2, 0) is 0 Å². The van der Waals surface area contributed by atoms with Crippen molar-refractivity contribution in [3.05, 3.63) is 181 Å². The molecule has 0 spiro atoms. The van der Waals surface area contributed by atoms with E-state index in [9.17, 15) is 0 Å². The summed E-state index contributed by atoms with van der Waals surface area (Å²) in [6.45, 7) is 2.18. The van der Waals surface area contributed by atoms with Gasteiger partial charge in [0.15, 0.2) is 0 Å². The number of benzene rings is 8. The Morgan fingerprint density at radius 3 is 1.15 bits per heavy atom. The van der Waals surface area contributed by atoms with Gasteiger partial charge in [0.25, 0.3) is 0 Å². The van der Waals surface area contributed by atoms with Crippen LogP contribution in [0.2, 0.25) is 0 Å². The fourth-order valence-corrected chi connectivity index (χ4v) is 7.10. The summed E-state index contributed by atoms with van der Waals surface area (Å²) < 4.78 is 0. The van der Waals surface area contributed by atoms with Crippen LogP contribution in [0.5, 0.6) is 0 Å². The molecule has 0 radical (unpaired) electrons. The van der Waals surface area contributed by atoms with Crippen LogP contribution in [0.1, 0.15) is 5.56 Å². The third-order valence-electron chi connectivity index (χ3n) is 9.42. The van der Waals surface area contributed by atoms with Crippen molar-refractivity contribution in [3.63, 3.8) is 0 Å². The van der Waals surface area contributed by atoms with Crippen molar-refractivity contribution >= 4 is 55.7 Å². The van der Waals surface area contributed by atoms with E-state index < -0.39 is 0 Å². The Bertz CT molecular complexity index is 2370. The molecule has 1 aliphatic carbocycles. The number of aryl methyl sites for hydroxylation is 1. The quantitative estimate of drug-likeness (QED) is 0.187. The molecule has 0 saturated carbocycles. The topological polar surface area (TPSA) is 6.48 Å². The fraction of sp³-hybridized carbons (Fsp3) is 0.0222. The van der Waals surface area contributed by atoms with Crippen LogP contribution in [0.25, 0.3) is 43.8 Å². The zero-order valence-electron chi connectivity index (χ0n) is 26.1. The summed E-state index contributed by atoms with van der Waals surface area (Å²) in [7, 11) is 0. The highest BCUT2D eigenvalue weighted by Crippen LogP contribution is 2.51. The molecule has 9 rings (SSSR count). The smallest absolute Gasteiger partial charge is 0.0490 e. The molecule has 2 nitrogen and oxygen atoms in total. The molecule has 8 aromatic rings. The van der Waals surface area contributed by atoms with Crippen LogP contribution < -0.4 is 9.80 Å². The minimum atomic E-state index is 1.14. The van der Waals surface area contributed by atoms with Crippen LogP contribution in [0.3, 0.4) is 0 Å². The molecule has 0 aliphatic heterocycles. The van der Waals surface area contributed by atoms with Crippen LogP contribution in [0.4, 0.5) is 34.1 Å². The highest BCUT2D eigenvalue weighted by Gasteiger charge is 2.25. The molecule has 0 amide bonds. The van der Waals surface area contributed by atoms with Crippen molar-refractivity contribution in [2.24, 2.45) is 0 Å². The lowest BCUT2D eigenvalue weighted by molar-refractivity contribution is 1.25. The molecule has 0 saturated heterocycles. The summed E-state index contributed by atoms with van der Waals surface area (Å²) in [5.41, 5.74) is 13.5. The molecule has 0 atom stereocenters. The van der Waals surface area contributed by atoms with Crippen molar-refractivity contribution < 1.29 is 0 Å². The van der Waals surface area contributed by atoms with Gasteiger partial charge in [0.05, 0.1) is 0 Å². The minimum Gasteiger partial charge on any atom is -0.310 e. The van der Waals surface area contributed by atoms with E-state index in [4.69, 9.17) is 0 Å². The Balaban J connectivity index is 1.12. The van der Waals surface area contributed by atoms with Gasteiger partial charge in [0, 0.05) is 34.1 Å². The molecule has 2 heteroatoms. The van der Waals surface area contributed by atoms with Gasteiger partial charge in [-0.25, -0.2) is 0 Å². The van der Waals surface area contributed by atoms with Gasteiger partial charge < -0.3 is 9.80 Å². The van der Waals surface area contributed by atoms with Gasteiger partial charge in [-0.3, -0.25) is 0 Å². The number of fused-ring (bicyclic) bond motifs is 6. The molecule has 8 aromatic carbocycles. The standard InChI is InChI=1S/C45H32N2/c1-31-13-11-12-20-45(31)47(38-18-9-4-10-19-38)40-24-22-33-28-42-43-29-34-25-39(23-21-32(34)27-41(43)44(42)30-35(33)26-40)46(36-14-5-2-6-15-36)37-16-7-3-8-17-37/h2-30H,1H3. The molecular formula is C45H32N2. The van der Waals surface area contributed by atoms with E-state index in [1.165, 1.54) is 55.0 Å². The van der Waals surface area contributed by atoms with Gasteiger partial charge in [-0.05, 0) is 147 Å². The van der Waals surface area contributed by atoms with Gasteiger partial charge in [-0.1, -0.05) is 84.9 Å². The second-order valence-electron chi connectivity index (χ2n) is 12.3. The van der Waals surface area contributed by atoms with Crippen molar-refractivity contribution in [1.82, 2.24) is 0 Å². The normalized spacial score (nSPS) is 11.5. The molecular weight excluding hydrogens is 569 g/mol. The fourth-order valence-electron chi connectivity index (χ4n) is 7.10. The van der Waals surface area contributed by atoms with E-state index in [0.29, 0.717) is 0 Å². The van der Waals surface area contributed by atoms with Gasteiger partial charge in [-0.2, -0.15) is 0 Å². The first-order valence-electron chi connectivity index (χ1n) is 16.2. The summed E-state index contributed by atoms with van der Waals surface area (Å²) in [6, 6.07) is 63.6.